The normalized spacial score (nSPS) is 17.2. The Morgan fingerprint density at radius 1 is 1.11 bits per heavy atom. The van der Waals surface area contributed by atoms with E-state index in [-0.39, 0.29) is 23.0 Å². The lowest BCUT2D eigenvalue weighted by molar-refractivity contribution is -0.141. The zero-order chi connectivity index (χ0) is 26.6. The smallest absolute Gasteiger partial charge is 0.325 e. The minimum atomic E-state index is -3.65. The molecule has 0 radical (unpaired) electrons. The maximum absolute atomic E-state index is 13.2. The maximum atomic E-state index is 13.2. The van der Waals surface area contributed by atoms with Crippen LogP contribution in [0.1, 0.15) is 49.9 Å². The maximum Gasteiger partial charge on any atom is 0.325 e. The molecule has 1 aromatic heterocycles. The number of ether oxygens (including phenoxy) is 2. The molecule has 1 aliphatic heterocycles. The van der Waals surface area contributed by atoms with Crippen LogP contribution in [0.15, 0.2) is 52.4 Å². The molecule has 1 amide bonds. The Bertz CT molecular complexity index is 1460. The summed E-state index contributed by atoms with van der Waals surface area (Å²) in [6, 6.07) is 11.4. The van der Waals surface area contributed by atoms with Gasteiger partial charge in [-0.25, -0.2) is 8.42 Å². The van der Waals surface area contributed by atoms with E-state index in [1.165, 1.54) is 42.7 Å². The second kappa shape index (κ2) is 11.6. The summed E-state index contributed by atoms with van der Waals surface area (Å²) in [6.45, 7) is 4.66. The van der Waals surface area contributed by atoms with Crippen molar-refractivity contribution in [2.75, 3.05) is 20.3 Å². The van der Waals surface area contributed by atoms with Crippen molar-refractivity contribution in [2.45, 2.75) is 57.0 Å². The number of hydrogen-bond donors (Lipinski definition) is 0. The lowest BCUT2D eigenvalue weighted by Gasteiger charge is -2.34. The molecule has 2 aromatic carbocycles. The molecule has 9 nitrogen and oxygen atoms in total. The molecule has 1 atom stereocenters. The molecule has 0 N–H and O–H groups in total. The number of piperidine rings is 1. The van der Waals surface area contributed by atoms with Crippen molar-refractivity contribution >= 4 is 43.5 Å². The van der Waals surface area contributed by atoms with Crippen LogP contribution < -0.4 is 9.54 Å². The largest absolute Gasteiger partial charge is 0.492 e. The Kier molecular flexibility index (Phi) is 8.46. The molecule has 4 rings (SSSR count). The lowest BCUT2D eigenvalue weighted by Crippen LogP contribution is -2.43. The first-order valence-corrected chi connectivity index (χ1v) is 14.6. The van der Waals surface area contributed by atoms with E-state index in [1.807, 2.05) is 26.0 Å². The molecule has 1 saturated heterocycles. The van der Waals surface area contributed by atoms with Crippen molar-refractivity contribution in [3.05, 3.63) is 52.8 Å². The quantitative estimate of drug-likeness (QED) is 0.397. The Morgan fingerprint density at radius 3 is 2.54 bits per heavy atom. The number of amides is 1. The van der Waals surface area contributed by atoms with Gasteiger partial charge in [0.15, 0.2) is 4.80 Å². The van der Waals surface area contributed by atoms with Crippen LogP contribution in [0.3, 0.4) is 0 Å². The standard InChI is InChI=1S/C26H31N3O6S2/c1-4-19-9-6-7-16-29(19)37(32,33)20-14-12-18(13-15-20)25(31)27-26-28(17-23(30)34-3)24-21(35-5-2)10-8-11-22(24)36-26/h8,10-15,19H,4-7,9,16-17H2,1-3H3. The number of carbonyl (C=O) groups excluding carboxylic acids is 2. The Morgan fingerprint density at radius 2 is 1.86 bits per heavy atom. The number of sulfonamides is 1. The van der Waals surface area contributed by atoms with Crippen LogP contribution in [0.2, 0.25) is 0 Å². The molecular formula is C26H31N3O6S2. The molecule has 198 valence electrons. The summed E-state index contributed by atoms with van der Waals surface area (Å²) in [6.07, 6.45) is 3.49. The van der Waals surface area contributed by atoms with Crippen molar-refractivity contribution in [3.63, 3.8) is 0 Å². The van der Waals surface area contributed by atoms with Crippen LogP contribution in [-0.4, -0.2) is 55.5 Å². The van der Waals surface area contributed by atoms with E-state index in [0.29, 0.717) is 29.2 Å². The zero-order valence-corrected chi connectivity index (χ0v) is 22.8. The first-order chi connectivity index (χ1) is 17.8. The van der Waals surface area contributed by atoms with Gasteiger partial charge in [-0.2, -0.15) is 9.30 Å². The number of benzene rings is 2. The van der Waals surface area contributed by atoms with Crippen LogP contribution >= 0.6 is 11.3 Å². The van der Waals surface area contributed by atoms with Gasteiger partial charge in [0, 0.05) is 18.2 Å². The Labute approximate surface area is 220 Å². The van der Waals surface area contributed by atoms with Crippen LogP contribution in [0.5, 0.6) is 5.75 Å². The summed E-state index contributed by atoms with van der Waals surface area (Å²) in [5.41, 5.74) is 0.900. The topological polar surface area (TPSA) is 107 Å². The average molecular weight is 546 g/mol. The molecule has 0 bridgehead atoms. The van der Waals surface area contributed by atoms with Gasteiger partial charge in [0.05, 0.1) is 23.3 Å². The van der Waals surface area contributed by atoms with Gasteiger partial charge in [-0.15, -0.1) is 0 Å². The summed E-state index contributed by atoms with van der Waals surface area (Å²) < 4.78 is 41.1. The average Bonchev–Trinajstić information content (AvgIpc) is 3.26. The highest BCUT2D eigenvalue weighted by Crippen LogP contribution is 2.29. The van der Waals surface area contributed by atoms with E-state index in [2.05, 4.69) is 4.99 Å². The second-order valence-electron chi connectivity index (χ2n) is 8.70. The fourth-order valence-electron chi connectivity index (χ4n) is 4.55. The third-order valence-corrected chi connectivity index (χ3v) is 9.44. The van der Waals surface area contributed by atoms with E-state index in [1.54, 1.807) is 14.9 Å². The number of rotatable bonds is 8. The van der Waals surface area contributed by atoms with Crippen molar-refractivity contribution in [2.24, 2.45) is 4.99 Å². The van der Waals surface area contributed by atoms with Crippen molar-refractivity contribution in [1.82, 2.24) is 8.87 Å². The van der Waals surface area contributed by atoms with E-state index >= 15 is 0 Å². The molecule has 1 aliphatic rings. The van der Waals surface area contributed by atoms with Crippen LogP contribution in [0.25, 0.3) is 10.2 Å². The first-order valence-electron chi connectivity index (χ1n) is 12.3. The number of esters is 1. The van der Waals surface area contributed by atoms with Crippen molar-refractivity contribution < 1.29 is 27.5 Å². The molecule has 1 unspecified atom stereocenters. The fourth-order valence-corrected chi connectivity index (χ4v) is 7.36. The monoisotopic (exact) mass is 545 g/mol. The number of thiazole rings is 1. The number of para-hydroxylation sites is 1. The third kappa shape index (κ3) is 5.63. The zero-order valence-electron chi connectivity index (χ0n) is 21.2. The van der Waals surface area contributed by atoms with E-state index in [9.17, 15) is 18.0 Å². The first kappa shape index (κ1) is 27.0. The van der Waals surface area contributed by atoms with Gasteiger partial charge in [0.2, 0.25) is 10.0 Å². The number of hydrogen-bond acceptors (Lipinski definition) is 7. The summed E-state index contributed by atoms with van der Waals surface area (Å²) in [7, 11) is -2.35. The summed E-state index contributed by atoms with van der Waals surface area (Å²) >= 11 is 1.25. The van der Waals surface area contributed by atoms with E-state index in [0.717, 1.165) is 30.4 Å². The fraction of sp³-hybridized carbons (Fsp3) is 0.423. The highest BCUT2D eigenvalue weighted by molar-refractivity contribution is 7.89. The van der Waals surface area contributed by atoms with Gasteiger partial charge in [-0.05, 0) is 62.6 Å². The molecule has 0 spiro atoms. The Hall–Kier alpha value is -3.02. The number of aromatic nitrogens is 1. The Balaban J connectivity index is 1.69. The van der Waals surface area contributed by atoms with Crippen LogP contribution in [0.4, 0.5) is 0 Å². The molecule has 37 heavy (non-hydrogen) atoms. The molecular weight excluding hydrogens is 514 g/mol. The number of fused-ring (bicyclic) bond motifs is 1. The third-order valence-electron chi connectivity index (χ3n) is 6.43. The lowest BCUT2D eigenvalue weighted by atomic mass is 10.0. The van der Waals surface area contributed by atoms with Gasteiger partial charge in [-0.3, -0.25) is 9.59 Å². The van der Waals surface area contributed by atoms with Gasteiger partial charge < -0.3 is 14.0 Å². The molecule has 1 fully saturated rings. The minimum absolute atomic E-state index is 0.00476. The predicted octanol–water partition coefficient (Wildman–Crippen LogP) is 3.97. The number of carbonyl (C=O) groups is 2. The highest BCUT2D eigenvalue weighted by atomic mass is 32.2. The minimum Gasteiger partial charge on any atom is -0.492 e. The molecule has 2 heterocycles. The van der Waals surface area contributed by atoms with Crippen molar-refractivity contribution in [3.8, 4) is 5.75 Å². The molecule has 3 aromatic rings. The second-order valence-corrected chi connectivity index (χ2v) is 11.6. The van der Waals surface area contributed by atoms with E-state index in [4.69, 9.17) is 9.47 Å². The molecule has 0 aliphatic carbocycles. The predicted molar refractivity (Wildman–Crippen MR) is 141 cm³/mol. The highest BCUT2D eigenvalue weighted by Gasteiger charge is 2.32. The molecule has 0 saturated carbocycles. The summed E-state index contributed by atoms with van der Waals surface area (Å²) in [4.78, 5) is 30.0. The van der Waals surface area contributed by atoms with Crippen LogP contribution in [-0.2, 0) is 26.1 Å². The number of methoxy groups -OCH3 is 1. The summed E-state index contributed by atoms with van der Waals surface area (Å²) in [5, 5.41) is 0. The van der Waals surface area contributed by atoms with Crippen LogP contribution in [0, 0.1) is 0 Å². The SMILES string of the molecule is CCOc1cccc2sc(=NC(=O)c3ccc(S(=O)(=O)N4CCCCC4CC)cc3)n(CC(=O)OC)c12. The number of nitrogens with zero attached hydrogens (tertiary/aromatic N) is 3. The van der Waals surface area contributed by atoms with E-state index < -0.39 is 21.9 Å². The van der Waals surface area contributed by atoms with Crippen molar-refractivity contribution in [1.29, 1.82) is 0 Å². The van der Waals surface area contributed by atoms with Gasteiger partial charge in [0.1, 0.15) is 17.8 Å². The summed E-state index contributed by atoms with van der Waals surface area (Å²) in [5.74, 6) is -0.458. The van der Waals surface area contributed by atoms with Gasteiger partial charge in [-0.1, -0.05) is 30.7 Å². The van der Waals surface area contributed by atoms with Gasteiger partial charge in [0.25, 0.3) is 5.91 Å². The van der Waals surface area contributed by atoms with Gasteiger partial charge >= 0.3 is 5.97 Å². The molecule has 11 heteroatoms.